The molecule has 0 aliphatic heterocycles. The van der Waals surface area contributed by atoms with Crippen molar-refractivity contribution in [3.8, 4) is 0 Å². The number of benzene rings is 2. The third kappa shape index (κ3) is 2.05. The fourth-order valence-corrected chi connectivity index (χ4v) is 3.49. The predicted molar refractivity (Wildman–Crippen MR) is 78.9 cm³/mol. The number of hydrogen-bond donors (Lipinski definition) is 2. The van der Waals surface area contributed by atoms with Gasteiger partial charge in [-0.05, 0) is 29.2 Å². The van der Waals surface area contributed by atoms with Crippen LogP contribution in [0.3, 0.4) is 0 Å². The standard InChI is InChI=1S/C17H21NO/c18-12-17(10-3-4-11-17)16(19)15-9-5-7-13-6-1-2-8-14(13)15/h1-2,5-9,16,19H,3-4,10-12,18H2. The van der Waals surface area contributed by atoms with E-state index in [9.17, 15) is 5.11 Å². The molecule has 1 aliphatic rings. The zero-order valence-electron chi connectivity index (χ0n) is 11.2. The van der Waals surface area contributed by atoms with E-state index in [1.807, 2.05) is 24.3 Å². The number of nitrogens with two attached hydrogens (primary N) is 1. The molecule has 2 heteroatoms. The molecule has 0 heterocycles. The van der Waals surface area contributed by atoms with Crippen LogP contribution in [0.2, 0.25) is 0 Å². The van der Waals surface area contributed by atoms with Gasteiger partial charge in [0, 0.05) is 12.0 Å². The lowest BCUT2D eigenvalue weighted by molar-refractivity contribution is 0.0345. The van der Waals surface area contributed by atoms with Crippen molar-refractivity contribution in [1.29, 1.82) is 0 Å². The Balaban J connectivity index is 2.08. The largest absolute Gasteiger partial charge is 0.388 e. The summed E-state index contributed by atoms with van der Waals surface area (Å²) in [6.45, 7) is 0.567. The molecule has 1 aliphatic carbocycles. The molecule has 3 N–H and O–H groups in total. The highest BCUT2D eigenvalue weighted by Gasteiger charge is 2.40. The van der Waals surface area contributed by atoms with Gasteiger partial charge in [0.25, 0.3) is 0 Å². The molecule has 2 aromatic rings. The lowest BCUT2D eigenvalue weighted by Gasteiger charge is -2.33. The van der Waals surface area contributed by atoms with E-state index >= 15 is 0 Å². The van der Waals surface area contributed by atoms with Gasteiger partial charge in [-0.15, -0.1) is 0 Å². The maximum absolute atomic E-state index is 10.9. The first-order valence-electron chi connectivity index (χ1n) is 7.13. The number of hydrogen-bond acceptors (Lipinski definition) is 2. The van der Waals surface area contributed by atoms with E-state index in [1.165, 1.54) is 18.2 Å². The topological polar surface area (TPSA) is 46.2 Å². The summed E-state index contributed by atoms with van der Waals surface area (Å²) in [4.78, 5) is 0. The molecule has 0 bridgehead atoms. The number of rotatable bonds is 3. The van der Waals surface area contributed by atoms with E-state index in [4.69, 9.17) is 5.73 Å². The summed E-state index contributed by atoms with van der Waals surface area (Å²) in [6.07, 6.45) is 3.98. The monoisotopic (exact) mass is 255 g/mol. The van der Waals surface area contributed by atoms with E-state index in [-0.39, 0.29) is 5.41 Å². The zero-order valence-corrected chi connectivity index (χ0v) is 11.2. The lowest BCUT2D eigenvalue weighted by atomic mass is 9.76. The molecule has 3 rings (SSSR count). The molecule has 0 amide bonds. The first-order chi connectivity index (χ1) is 9.27. The van der Waals surface area contributed by atoms with Crippen molar-refractivity contribution >= 4 is 10.8 Å². The Kier molecular flexibility index (Phi) is 3.29. The van der Waals surface area contributed by atoms with Crippen LogP contribution in [0.4, 0.5) is 0 Å². The molecule has 19 heavy (non-hydrogen) atoms. The smallest absolute Gasteiger partial charge is 0.0864 e. The van der Waals surface area contributed by atoms with Crippen molar-refractivity contribution < 1.29 is 5.11 Å². The molecule has 1 fully saturated rings. The first-order valence-corrected chi connectivity index (χ1v) is 7.13. The molecule has 100 valence electrons. The average molecular weight is 255 g/mol. The van der Waals surface area contributed by atoms with Crippen LogP contribution in [0.25, 0.3) is 10.8 Å². The fourth-order valence-electron chi connectivity index (χ4n) is 3.49. The van der Waals surface area contributed by atoms with E-state index < -0.39 is 6.10 Å². The van der Waals surface area contributed by atoms with E-state index in [2.05, 4.69) is 18.2 Å². The molecule has 1 saturated carbocycles. The quantitative estimate of drug-likeness (QED) is 0.883. The number of aliphatic hydroxyl groups is 1. The van der Waals surface area contributed by atoms with Gasteiger partial charge >= 0.3 is 0 Å². The summed E-state index contributed by atoms with van der Waals surface area (Å²) >= 11 is 0. The molecule has 0 spiro atoms. The molecular formula is C17H21NO. The van der Waals surface area contributed by atoms with E-state index in [0.29, 0.717) is 6.54 Å². The summed E-state index contributed by atoms with van der Waals surface area (Å²) in [5.41, 5.74) is 6.90. The third-order valence-corrected chi connectivity index (χ3v) is 4.70. The van der Waals surface area contributed by atoms with Gasteiger partial charge in [-0.2, -0.15) is 0 Å². The van der Waals surface area contributed by atoms with Crippen LogP contribution < -0.4 is 5.73 Å². The Bertz CT molecular complexity index is 567. The van der Waals surface area contributed by atoms with Crippen LogP contribution in [0.15, 0.2) is 42.5 Å². The summed E-state index contributed by atoms with van der Waals surface area (Å²) in [5, 5.41) is 13.2. The Labute approximate surface area is 114 Å². The highest BCUT2D eigenvalue weighted by atomic mass is 16.3. The summed E-state index contributed by atoms with van der Waals surface area (Å²) in [6, 6.07) is 14.4. The minimum Gasteiger partial charge on any atom is -0.388 e. The molecule has 0 radical (unpaired) electrons. The van der Waals surface area contributed by atoms with Gasteiger partial charge < -0.3 is 10.8 Å². The number of fused-ring (bicyclic) bond motifs is 1. The van der Waals surface area contributed by atoms with Gasteiger partial charge in [0.05, 0.1) is 6.10 Å². The molecule has 2 aromatic carbocycles. The maximum Gasteiger partial charge on any atom is 0.0864 e. The van der Waals surface area contributed by atoms with Gasteiger partial charge in [-0.1, -0.05) is 55.3 Å². The highest BCUT2D eigenvalue weighted by Crippen LogP contribution is 2.47. The first kappa shape index (κ1) is 12.6. The van der Waals surface area contributed by atoms with Crippen molar-refractivity contribution in [2.75, 3.05) is 6.54 Å². The predicted octanol–water partition coefficient (Wildman–Crippen LogP) is 3.39. The second-order valence-corrected chi connectivity index (χ2v) is 5.74. The summed E-state index contributed by atoms with van der Waals surface area (Å²) in [5.74, 6) is 0. The maximum atomic E-state index is 10.9. The van der Waals surface area contributed by atoms with Crippen LogP contribution in [-0.2, 0) is 0 Å². The van der Waals surface area contributed by atoms with Crippen LogP contribution >= 0.6 is 0 Å². The van der Waals surface area contributed by atoms with Crippen molar-refractivity contribution in [3.63, 3.8) is 0 Å². The van der Waals surface area contributed by atoms with Gasteiger partial charge in [-0.3, -0.25) is 0 Å². The van der Waals surface area contributed by atoms with Crippen LogP contribution in [-0.4, -0.2) is 11.7 Å². The van der Waals surface area contributed by atoms with Gasteiger partial charge in [-0.25, -0.2) is 0 Å². The summed E-state index contributed by atoms with van der Waals surface area (Å²) in [7, 11) is 0. The minimum absolute atomic E-state index is 0.121. The van der Waals surface area contributed by atoms with E-state index in [0.717, 1.165) is 23.8 Å². The Morgan fingerprint density at radius 2 is 1.74 bits per heavy atom. The second kappa shape index (κ2) is 4.95. The molecular weight excluding hydrogens is 234 g/mol. The Morgan fingerprint density at radius 3 is 2.47 bits per heavy atom. The SMILES string of the molecule is NCC1(C(O)c2cccc3ccccc23)CCCC1. The zero-order chi connectivity index (χ0) is 13.3. The minimum atomic E-state index is -0.453. The van der Waals surface area contributed by atoms with Gasteiger partial charge in [0.2, 0.25) is 0 Å². The van der Waals surface area contributed by atoms with Crippen molar-refractivity contribution in [3.05, 3.63) is 48.0 Å². The molecule has 1 atom stereocenters. The van der Waals surface area contributed by atoms with Crippen LogP contribution in [0.5, 0.6) is 0 Å². The average Bonchev–Trinajstić information content (AvgIpc) is 2.96. The lowest BCUT2D eigenvalue weighted by Crippen LogP contribution is -2.34. The highest BCUT2D eigenvalue weighted by molar-refractivity contribution is 5.86. The Morgan fingerprint density at radius 1 is 1.05 bits per heavy atom. The number of aliphatic hydroxyl groups excluding tert-OH is 1. The third-order valence-electron chi connectivity index (χ3n) is 4.70. The van der Waals surface area contributed by atoms with Crippen molar-refractivity contribution in [1.82, 2.24) is 0 Å². The molecule has 0 aromatic heterocycles. The Hall–Kier alpha value is -1.38. The second-order valence-electron chi connectivity index (χ2n) is 5.74. The van der Waals surface area contributed by atoms with Gasteiger partial charge in [0.1, 0.15) is 0 Å². The van der Waals surface area contributed by atoms with Gasteiger partial charge in [0.15, 0.2) is 0 Å². The molecule has 2 nitrogen and oxygen atoms in total. The van der Waals surface area contributed by atoms with Crippen LogP contribution in [0, 0.1) is 5.41 Å². The van der Waals surface area contributed by atoms with E-state index in [1.54, 1.807) is 0 Å². The summed E-state index contributed by atoms with van der Waals surface area (Å²) < 4.78 is 0. The van der Waals surface area contributed by atoms with Crippen LogP contribution in [0.1, 0.15) is 37.4 Å². The normalized spacial score (nSPS) is 19.7. The van der Waals surface area contributed by atoms with Crippen molar-refractivity contribution in [2.24, 2.45) is 11.1 Å². The molecule has 1 unspecified atom stereocenters. The fraction of sp³-hybridized carbons (Fsp3) is 0.412. The van der Waals surface area contributed by atoms with Crippen molar-refractivity contribution in [2.45, 2.75) is 31.8 Å². The molecule has 0 saturated heterocycles.